The number of nitrogens with zero attached hydrogens (tertiary/aromatic N) is 3. The normalized spacial score (nSPS) is 15.8. The Balaban J connectivity index is 1.76. The maximum Gasteiger partial charge on any atom is 0.267 e. The highest BCUT2D eigenvalue weighted by molar-refractivity contribution is 6.34. The van der Waals surface area contributed by atoms with E-state index in [4.69, 9.17) is 11.6 Å². The monoisotopic (exact) mass is 462 g/mol. The van der Waals surface area contributed by atoms with Crippen molar-refractivity contribution in [1.82, 2.24) is 20.2 Å². The van der Waals surface area contributed by atoms with E-state index in [1.54, 1.807) is 31.2 Å². The summed E-state index contributed by atoms with van der Waals surface area (Å²) in [5.41, 5.74) is 2.23. The molecule has 32 heavy (non-hydrogen) atoms. The van der Waals surface area contributed by atoms with Gasteiger partial charge in [0.25, 0.3) is 11.8 Å². The number of hydroxylamine groups is 2. The molecular weight excluding hydrogens is 432 g/mol. The lowest BCUT2D eigenvalue weighted by molar-refractivity contribution is -0.165. The molecule has 2 amide bonds. The second kappa shape index (κ2) is 10.9. The number of aryl methyl sites for hydroxylation is 1. The first-order valence-corrected chi connectivity index (χ1v) is 11.5. The van der Waals surface area contributed by atoms with Crippen molar-refractivity contribution < 1.29 is 19.9 Å². The predicted octanol–water partition coefficient (Wildman–Crippen LogP) is 3.77. The second-order valence-corrected chi connectivity index (χ2v) is 8.71. The minimum absolute atomic E-state index is 0.0495. The van der Waals surface area contributed by atoms with Crippen molar-refractivity contribution >= 4 is 23.4 Å². The van der Waals surface area contributed by atoms with Crippen molar-refractivity contribution in [3.8, 4) is 11.3 Å². The zero-order chi connectivity index (χ0) is 23.3. The van der Waals surface area contributed by atoms with Crippen LogP contribution in [-0.2, 0) is 11.3 Å². The van der Waals surface area contributed by atoms with Crippen LogP contribution in [0.3, 0.4) is 0 Å². The molecular formula is C23H31ClN4O4. The number of hydrogen-bond acceptors (Lipinski definition) is 5. The van der Waals surface area contributed by atoms with E-state index in [1.807, 2.05) is 6.92 Å². The van der Waals surface area contributed by atoms with E-state index in [9.17, 15) is 19.9 Å². The van der Waals surface area contributed by atoms with Gasteiger partial charge in [-0.3, -0.25) is 19.5 Å². The summed E-state index contributed by atoms with van der Waals surface area (Å²) in [5, 5.41) is 28.2. The largest absolute Gasteiger partial charge is 0.373 e. The Bertz CT molecular complexity index is 953. The number of halogens is 1. The number of hydrogen-bond donors (Lipinski definition) is 3. The number of carbonyl (C=O) groups excluding carboxylic acids is 2. The van der Waals surface area contributed by atoms with E-state index in [0.717, 1.165) is 44.2 Å². The highest BCUT2D eigenvalue weighted by Gasteiger charge is 2.24. The van der Waals surface area contributed by atoms with E-state index in [2.05, 4.69) is 10.4 Å². The molecule has 3 N–H and O–H groups in total. The molecule has 0 saturated heterocycles. The van der Waals surface area contributed by atoms with Gasteiger partial charge in [0.15, 0.2) is 0 Å². The molecule has 2 aromatic rings. The van der Waals surface area contributed by atoms with Crippen LogP contribution in [0.1, 0.15) is 61.5 Å². The maximum absolute atomic E-state index is 12.9. The summed E-state index contributed by atoms with van der Waals surface area (Å²) in [6, 6.07) is 6.80. The molecule has 1 aliphatic rings. The standard InChI is InChI=1S/C23H31ClN4O4/c1-3-28(32)21(29)14-27-15(2)12-20(26-27)17-10-11-19(24)18(13-17)23(31)25-22(30)16-8-6-4-5-7-9-16/h10-13,16,22,30,32H,3-9,14H2,1-2H3,(H,25,31). The Morgan fingerprint density at radius 1 is 1.25 bits per heavy atom. The molecule has 1 heterocycles. The van der Waals surface area contributed by atoms with E-state index in [-0.39, 0.29) is 29.6 Å². The maximum atomic E-state index is 12.9. The fourth-order valence-corrected chi connectivity index (χ4v) is 4.22. The first-order valence-electron chi connectivity index (χ1n) is 11.1. The third kappa shape index (κ3) is 5.88. The Labute approximate surface area is 193 Å². The average Bonchev–Trinajstić information content (AvgIpc) is 2.96. The zero-order valence-corrected chi connectivity index (χ0v) is 19.3. The Kier molecular flexibility index (Phi) is 8.28. The highest BCUT2D eigenvalue weighted by Crippen LogP contribution is 2.27. The first-order chi connectivity index (χ1) is 15.3. The van der Waals surface area contributed by atoms with Crippen LogP contribution in [0.5, 0.6) is 0 Å². The van der Waals surface area contributed by atoms with Crippen LogP contribution in [0.4, 0.5) is 0 Å². The third-order valence-corrected chi connectivity index (χ3v) is 6.32. The number of aromatic nitrogens is 2. The van der Waals surface area contributed by atoms with Gasteiger partial charge in [0, 0.05) is 23.7 Å². The fraction of sp³-hybridized carbons (Fsp3) is 0.522. The van der Waals surface area contributed by atoms with Gasteiger partial charge in [0.2, 0.25) is 0 Å². The van der Waals surface area contributed by atoms with Gasteiger partial charge in [-0.2, -0.15) is 5.10 Å². The van der Waals surface area contributed by atoms with E-state index in [0.29, 0.717) is 16.3 Å². The van der Waals surface area contributed by atoms with Gasteiger partial charge in [0.05, 0.1) is 16.3 Å². The smallest absolute Gasteiger partial charge is 0.267 e. The van der Waals surface area contributed by atoms with Gasteiger partial charge in [0.1, 0.15) is 12.8 Å². The van der Waals surface area contributed by atoms with Gasteiger partial charge in [-0.25, -0.2) is 5.06 Å². The molecule has 1 aliphatic carbocycles. The molecule has 1 unspecified atom stereocenters. The summed E-state index contributed by atoms with van der Waals surface area (Å²) < 4.78 is 1.50. The molecule has 1 fully saturated rings. The SMILES string of the molecule is CCN(O)C(=O)Cn1nc(-c2ccc(Cl)c(C(=O)NC(O)C3CCCCCC3)c2)cc1C. The van der Waals surface area contributed by atoms with Gasteiger partial charge in [-0.05, 0) is 44.9 Å². The van der Waals surface area contributed by atoms with Gasteiger partial charge < -0.3 is 10.4 Å². The summed E-state index contributed by atoms with van der Waals surface area (Å²) in [6.07, 6.45) is 5.33. The number of amides is 2. The van der Waals surface area contributed by atoms with Crippen LogP contribution >= 0.6 is 11.6 Å². The predicted molar refractivity (Wildman–Crippen MR) is 121 cm³/mol. The van der Waals surface area contributed by atoms with E-state index >= 15 is 0 Å². The lowest BCUT2D eigenvalue weighted by atomic mass is 9.98. The van der Waals surface area contributed by atoms with Crippen LogP contribution < -0.4 is 5.32 Å². The van der Waals surface area contributed by atoms with Crippen molar-refractivity contribution in [2.24, 2.45) is 5.92 Å². The van der Waals surface area contributed by atoms with Crippen LogP contribution in [0.25, 0.3) is 11.3 Å². The first kappa shape index (κ1) is 24.2. The number of aliphatic hydroxyl groups excluding tert-OH is 1. The summed E-state index contributed by atoms with van der Waals surface area (Å²) in [4.78, 5) is 24.9. The van der Waals surface area contributed by atoms with E-state index < -0.39 is 18.0 Å². The molecule has 1 aromatic carbocycles. The van der Waals surface area contributed by atoms with Crippen molar-refractivity contribution in [1.29, 1.82) is 0 Å². The molecule has 1 aromatic heterocycles. The quantitative estimate of drug-likeness (QED) is 0.251. The Morgan fingerprint density at radius 2 is 1.94 bits per heavy atom. The second-order valence-electron chi connectivity index (χ2n) is 8.30. The van der Waals surface area contributed by atoms with Crippen molar-refractivity contribution in [3.05, 3.63) is 40.5 Å². The topological polar surface area (TPSA) is 108 Å². The molecule has 8 nitrogen and oxygen atoms in total. The van der Waals surface area contributed by atoms with Gasteiger partial charge in [-0.1, -0.05) is 43.4 Å². The summed E-state index contributed by atoms with van der Waals surface area (Å²) in [6.45, 7) is 3.58. The summed E-state index contributed by atoms with van der Waals surface area (Å²) >= 11 is 6.28. The van der Waals surface area contributed by atoms with Gasteiger partial charge in [-0.15, -0.1) is 0 Å². The van der Waals surface area contributed by atoms with Crippen LogP contribution in [0.2, 0.25) is 5.02 Å². The van der Waals surface area contributed by atoms with Crippen molar-refractivity contribution in [3.63, 3.8) is 0 Å². The molecule has 1 atom stereocenters. The lowest BCUT2D eigenvalue weighted by Gasteiger charge is -2.22. The number of likely N-dealkylation sites (N-methyl/N-ethyl adjacent to an activating group) is 1. The molecule has 3 rings (SSSR count). The third-order valence-electron chi connectivity index (χ3n) is 5.99. The average molecular weight is 463 g/mol. The van der Waals surface area contributed by atoms with E-state index in [1.165, 1.54) is 4.68 Å². The number of aliphatic hydroxyl groups is 1. The van der Waals surface area contributed by atoms with Crippen molar-refractivity contribution in [2.75, 3.05) is 6.54 Å². The number of rotatable bonds is 7. The minimum atomic E-state index is -0.909. The van der Waals surface area contributed by atoms with Gasteiger partial charge >= 0.3 is 0 Å². The van der Waals surface area contributed by atoms with Crippen LogP contribution in [0, 0.1) is 12.8 Å². The number of carbonyl (C=O) groups is 2. The highest BCUT2D eigenvalue weighted by atomic mass is 35.5. The number of benzene rings is 1. The van der Waals surface area contributed by atoms with Crippen LogP contribution in [-0.4, -0.2) is 49.7 Å². The molecule has 0 bridgehead atoms. The molecule has 9 heteroatoms. The lowest BCUT2D eigenvalue weighted by Crippen LogP contribution is -2.40. The molecule has 174 valence electrons. The fourth-order valence-electron chi connectivity index (χ4n) is 4.01. The molecule has 0 radical (unpaired) electrons. The summed E-state index contributed by atoms with van der Waals surface area (Å²) in [5.74, 6) is -0.846. The molecule has 1 saturated carbocycles. The Morgan fingerprint density at radius 3 is 2.59 bits per heavy atom. The minimum Gasteiger partial charge on any atom is -0.373 e. The molecule has 0 spiro atoms. The number of nitrogens with one attached hydrogen (secondary N) is 1. The molecule has 0 aliphatic heterocycles. The zero-order valence-electron chi connectivity index (χ0n) is 18.6. The summed E-state index contributed by atoms with van der Waals surface area (Å²) in [7, 11) is 0. The van der Waals surface area contributed by atoms with Crippen LogP contribution in [0.15, 0.2) is 24.3 Å². The van der Waals surface area contributed by atoms with Crippen molar-refractivity contribution in [2.45, 2.75) is 65.1 Å². The Hall–Kier alpha value is -2.42.